The zero-order valence-corrected chi connectivity index (χ0v) is 12.4. The third-order valence-corrected chi connectivity index (χ3v) is 3.81. The van der Waals surface area contributed by atoms with E-state index in [1.807, 2.05) is 0 Å². The van der Waals surface area contributed by atoms with Crippen LogP contribution >= 0.6 is 11.6 Å². The first-order valence-electron chi connectivity index (χ1n) is 6.00. The lowest BCUT2D eigenvalue weighted by molar-refractivity contribution is 0.0953. The average Bonchev–Trinajstić information content (AvgIpc) is 2.90. The molecule has 0 fully saturated rings. The van der Waals surface area contributed by atoms with Gasteiger partial charge in [-0.15, -0.1) is 0 Å². The lowest BCUT2D eigenvalue weighted by Gasteiger charge is -2.06. The topological polar surface area (TPSA) is 102 Å². The van der Waals surface area contributed by atoms with E-state index < -0.39 is 15.9 Å². The lowest BCUT2D eigenvalue weighted by atomic mass is 10.2. The number of rotatable bonds is 5. The summed E-state index contributed by atoms with van der Waals surface area (Å²) in [5.74, 6) is 0.306. The highest BCUT2D eigenvalue weighted by atomic mass is 35.5. The van der Waals surface area contributed by atoms with Crippen LogP contribution in [-0.2, 0) is 16.4 Å². The van der Waals surface area contributed by atoms with Gasteiger partial charge in [0.1, 0.15) is 5.76 Å². The number of primary sulfonamides is 1. The molecular weight excluding hydrogens is 316 g/mol. The number of amides is 1. The van der Waals surface area contributed by atoms with Crippen LogP contribution < -0.4 is 10.5 Å². The van der Waals surface area contributed by atoms with E-state index in [2.05, 4.69) is 5.32 Å². The van der Waals surface area contributed by atoms with Crippen molar-refractivity contribution < 1.29 is 17.6 Å². The van der Waals surface area contributed by atoms with Crippen molar-refractivity contribution in [1.29, 1.82) is 0 Å². The molecule has 2 aromatic rings. The molecule has 1 amide bonds. The molecule has 0 aliphatic heterocycles. The normalized spacial score (nSPS) is 11.3. The van der Waals surface area contributed by atoms with E-state index in [0.29, 0.717) is 13.0 Å². The number of halogens is 1. The fraction of sp³-hybridized carbons (Fsp3) is 0.154. The monoisotopic (exact) mass is 328 g/mol. The molecule has 6 nitrogen and oxygen atoms in total. The zero-order valence-electron chi connectivity index (χ0n) is 10.9. The molecule has 0 radical (unpaired) electrons. The molecule has 0 aliphatic rings. The Morgan fingerprint density at radius 2 is 2.10 bits per heavy atom. The molecule has 2 rings (SSSR count). The van der Waals surface area contributed by atoms with Crippen LogP contribution in [0.4, 0.5) is 0 Å². The number of furan rings is 1. The number of nitrogens with two attached hydrogens (primary N) is 1. The van der Waals surface area contributed by atoms with Gasteiger partial charge in [-0.2, -0.15) is 0 Å². The van der Waals surface area contributed by atoms with Gasteiger partial charge in [0, 0.05) is 23.6 Å². The van der Waals surface area contributed by atoms with Crippen LogP contribution in [0.5, 0.6) is 0 Å². The van der Waals surface area contributed by atoms with Crippen LogP contribution in [0.25, 0.3) is 0 Å². The van der Waals surface area contributed by atoms with Crippen LogP contribution in [0, 0.1) is 0 Å². The highest BCUT2D eigenvalue weighted by Gasteiger charge is 2.14. The lowest BCUT2D eigenvalue weighted by Crippen LogP contribution is -2.26. The summed E-state index contributed by atoms with van der Waals surface area (Å²) < 4.78 is 27.7. The van der Waals surface area contributed by atoms with E-state index >= 15 is 0 Å². The van der Waals surface area contributed by atoms with Crippen molar-refractivity contribution in [2.24, 2.45) is 5.14 Å². The predicted octanol–water partition coefficient (Wildman–Crippen LogP) is 1.55. The number of hydrogen-bond acceptors (Lipinski definition) is 4. The SMILES string of the molecule is NS(=O)(=O)c1cc(Cl)cc(C(=O)NCCc2ccco2)c1. The van der Waals surface area contributed by atoms with E-state index in [1.165, 1.54) is 18.2 Å². The van der Waals surface area contributed by atoms with E-state index in [9.17, 15) is 13.2 Å². The molecule has 0 aliphatic carbocycles. The molecule has 1 heterocycles. The third-order valence-electron chi connectivity index (χ3n) is 2.70. The summed E-state index contributed by atoms with van der Waals surface area (Å²) in [5.41, 5.74) is 0.131. The number of carbonyl (C=O) groups is 1. The molecular formula is C13H13ClN2O4S. The quantitative estimate of drug-likeness (QED) is 0.869. The van der Waals surface area contributed by atoms with Gasteiger partial charge in [0.05, 0.1) is 11.2 Å². The predicted molar refractivity (Wildman–Crippen MR) is 77.6 cm³/mol. The van der Waals surface area contributed by atoms with Gasteiger partial charge < -0.3 is 9.73 Å². The summed E-state index contributed by atoms with van der Waals surface area (Å²) in [7, 11) is -3.92. The fourth-order valence-corrected chi connectivity index (χ4v) is 2.60. The Bertz CT molecular complexity index is 742. The second kappa shape index (κ2) is 6.30. The number of nitrogens with one attached hydrogen (secondary N) is 1. The maximum absolute atomic E-state index is 12.0. The third kappa shape index (κ3) is 4.32. The van der Waals surface area contributed by atoms with Crippen molar-refractivity contribution in [1.82, 2.24) is 5.32 Å². The highest BCUT2D eigenvalue weighted by Crippen LogP contribution is 2.18. The molecule has 0 bridgehead atoms. The summed E-state index contributed by atoms with van der Waals surface area (Å²) in [5, 5.41) is 7.80. The summed E-state index contributed by atoms with van der Waals surface area (Å²) in [6.07, 6.45) is 2.08. The second-order valence-corrected chi connectivity index (χ2v) is 6.30. The molecule has 8 heteroatoms. The van der Waals surface area contributed by atoms with Crippen molar-refractivity contribution in [3.63, 3.8) is 0 Å². The maximum atomic E-state index is 12.0. The Kier molecular flexibility index (Phi) is 4.66. The molecule has 112 valence electrons. The van der Waals surface area contributed by atoms with Crippen molar-refractivity contribution in [3.05, 3.63) is 52.9 Å². The number of benzene rings is 1. The molecule has 1 aromatic heterocycles. The number of carbonyl (C=O) groups excluding carboxylic acids is 1. The molecule has 1 aromatic carbocycles. The number of sulfonamides is 1. The van der Waals surface area contributed by atoms with Gasteiger partial charge in [-0.05, 0) is 30.3 Å². The molecule has 0 spiro atoms. The van der Waals surface area contributed by atoms with E-state index in [1.54, 1.807) is 18.4 Å². The summed E-state index contributed by atoms with van der Waals surface area (Å²) in [4.78, 5) is 11.8. The Balaban J connectivity index is 2.07. The molecule has 0 saturated carbocycles. The van der Waals surface area contributed by atoms with E-state index in [0.717, 1.165) is 5.76 Å². The van der Waals surface area contributed by atoms with Crippen LogP contribution in [0.1, 0.15) is 16.1 Å². The Morgan fingerprint density at radius 3 is 2.71 bits per heavy atom. The minimum Gasteiger partial charge on any atom is -0.469 e. The number of hydrogen-bond donors (Lipinski definition) is 2. The smallest absolute Gasteiger partial charge is 0.251 e. The van der Waals surface area contributed by atoms with Gasteiger partial charge in [0.25, 0.3) is 5.91 Å². The van der Waals surface area contributed by atoms with Crippen LogP contribution in [0.15, 0.2) is 45.9 Å². The molecule has 0 saturated heterocycles. The van der Waals surface area contributed by atoms with Crippen LogP contribution in [-0.4, -0.2) is 20.9 Å². The minimum atomic E-state index is -3.92. The standard InChI is InChI=1S/C13H13ClN2O4S/c14-10-6-9(7-12(8-10)21(15,18)19)13(17)16-4-3-11-2-1-5-20-11/h1-2,5-8H,3-4H2,(H,16,17)(H2,15,18,19). The van der Waals surface area contributed by atoms with Gasteiger partial charge in [-0.1, -0.05) is 11.6 Å². The second-order valence-electron chi connectivity index (χ2n) is 4.31. The Labute approximate surface area is 126 Å². The van der Waals surface area contributed by atoms with Crippen molar-refractivity contribution in [2.75, 3.05) is 6.54 Å². The average molecular weight is 329 g/mol. The Hall–Kier alpha value is -1.83. The summed E-state index contributed by atoms with van der Waals surface area (Å²) >= 11 is 5.80. The Morgan fingerprint density at radius 1 is 1.33 bits per heavy atom. The van der Waals surface area contributed by atoms with Gasteiger partial charge in [-0.25, -0.2) is 13.6 Å². The van der Waals surface area contributed by atoms with Gasteiger partial charge in [0.15, 0.2) is 0 Å². The first-order chi connectivity index (χ1) is 9.86. The first-order valence-corrected chi connectivity index (χ1v) is 7.92. The van der Waals surface area contributed by atoms with Crippen LogP contribution in [0.2, 0.25) is 5.02 Å². The largest absolute Gasteiger partial charge is 0.469 e. The van der Waals surface area contributed by atoms with Gasteiger partial charge in [0.2, 0.25) is 10.0 Å². The summed E-state index contributed by atoms with van der Waals surface area (Å²) in [6.45, 7) is 0.351. The minimum absolute atomic E-state index is 0.123. The molecule has 0 atom stereocenters. The van der Waals surface area contributed by atoms with Gasteiger partial charge >= 0.3 is 0 Å². The fourth-order valence-electron chi connectivity index (χ4n) is 1.71. The molecule has 21 heavy (non-hydrogen) atoms. The molecule has 0 unspecified atom stereocenters. The highest BCUT2D eigenvalue weighted by molar-refractivity contribution is 7.89. The van der Waals surface area contributed by atoms with Gasteiger partial charge in [-0.3, -0.25) is 4.79 Å². The summed E-state index contributed by atoms with van der Waals surface area (Å²) in [6, 6.07) is 7.30. The maximum Gasteiger partial charge on any atom is 0.251 e. The van der Waals surface area contributed by atoms with E-state index in [4.69, 9.17) is 21.2 Å². The van der Waals surface area contributed by atoms with E-state index in [-0.39, 0.29) is 15.5 Å². The first kappa shape index (κ1) is 15.6. The molecule has 3 N–H and O–H groups in total. The van der Waals surface area contributed by atoms with Crippen molar-refractivity contribution in [3.8, 4) is 0 Å². The zero-order chi connectivity index (χ0) is 15.5. The van der Waals surface area contributed by atoms with Crippen LogP contribution in [0.3, 0.4) is 0 Å². The van der Waals surface area contributed by atoms with Crippen molar-refractivity contribution in [2.45, 2.75) is 11.3 Å². The van der Waals surface area contributed by atoms with Crippen molar-refractivity contribution >= 4 is 27.5 Å².